The van der Waals surface area contributed by atoms with Crippen molar-refractivity contribution in [3.63, 3.8) is 0 Å². The third-order valence-electron chi connectivity index (χ3n) is 4.31. The second-order valence-corrected chi connectivity index (χ2v) is 6.40. The number of hydrogen-bond acceptors (Lipinski definition) is 5. The molecule has 0 spiro atoms. The number of carbonyl (C=O) groups is 1. The fraction of sp³-hybridized carbons (Fsp3) is 0.182. The topological polar surface area (TPSA) is 72.5 Å². The van der Waals surface area contributed by atoms with E-state index in [-0.39, 0.29) is 5.91 Å². The minimum absolute atomic E-state index is 0.300. The van der Waals surface area contributed by atoms with Crippen molar-refractivity contribution in [3.05, 3.63) is 71.5 Å². The van der Waals surface area contributed by atoms with Gasteiger partial charge in [0, 0.05) is 17.4 Å². The van der Waals surface area contributed by atoms with Crippen LogP contribution in [0.4, 0.5) is 17.1 Å². The summed E-state index contributed by atoms with van der Waals surface area (Å²) in [5.41, 5.74) is 5.07. The van der Waals surface area contributed by atoms with Crippen LogP contribution >= 0.6 is 0 Å². The third kappa shape index (κ3) is 4.40. The molecule has 0 saturated carbocycles. The van der Waals surface area contributed by atoms with E-state index in [1.165, 1.54) is 5.56 Å². The Kier molecular flexibility index (Phi) is 5.79. The summed E-state index contributed by atoms with van der Waals surface area (Å²) in [5.74, 6) is 0.840. The number of nitrogens with one attached hydrogen (secondary N) is 2. The Bertz CT molecular complexity index is 985. The molecule has 1 amide bonds. The van der Waals surface area contributed by atoms with Crippen LogP contribution in [0.1, 0.15) is 21.6 Å². The van der Waals surface area contributed by atoms with E-state index in [1.807, 2.05) is 19.9 Å². The predicted octanol–water partition coefficient (Wildman–Crippen LogP) is 4.71. The second kappa shape index (κ2) is 8.43. The molecule has 0 bridgehead atoms. The number of methoxy groups -OCH3 is 2. The molecule has 0 fully saturated rings. The number of ether oxygens (including phenoxy) is 2. The van der Waals surface area contributed by atoms with Gasteiger partial charge in [-0.25, -0.2) is 4.98 Å². The molecule has 6 heteroatoms. The van der Waals surface area contributed by atoms with Gasteiger partial charge < -0.3 is 20.1 Å². The van der Waals surface area contributed by atoms with Crippen molar-refractivity contribution in [2.75, 3.05) is 24.9 Å². The number of aryl methyl sites for hydroxylation is 2. The zero-order valence-electron chi connectivity index (χ0n) is 16.4. The highest BCUT2D eigenvalue weighted by Gasteiger charge is 2.11. The summed E-state index contributed by atoms with van der Waals surface area (Å²) in [4.78, 5) is 16.7. The van der Waals surface area contributed by atoms with Crippen LogP contribution in [-0.4, -0.2) is 25.1 Å². The number of hydrogen-bond donors (Lipinski definition) is 2. The molecule has 1 heterocycles. The number of rotatable bonds is 6. The molecule has 1 aromatic heterocycles. The van der Waals surface area contributed by atoms with E-state index >= 15 is 0 Å². The van der Waals surface area contributed by atoms with Crippen LogP contribution in [0.15, 0.2) is 54.7 Å². The van der Waals surface area contributed by atoms with Crippen LogP contribution in [-0.2, 0) is 0 Å². The molecule has 3 rings (SSSR count). The number of carbonyl (C=O) groups excluding carboxylic acids is 1. The number of pyridine rings is 1. The number of anilines is 3. The van der Waals surface area contributed by atoms with Gasteiger partial charge in [-0.15, -0.1) is 0 Å². The zero-order chi connectivity index (χ0) is 20.1. The van der Waals surface area contributed by atoms with Gasteiger partial charge in [-0.05, 0) is 55.3 Å². The van der Waals surface area contributed by atoms with Gasteiger partial charge in [-0.3, -0.25) is 4.79 Å². The normalized spacial score (nSPS) is 10.3. The number of amides is 1. The quantitative estimate of drug-likeness (QED) is 0.651. The van der Waals surface area contributed by atoms with Crippen LogP contribution in [0.25, 0.3) is 0 Å². The fourth-order valence-corrected chi connectivity index (χ4v) is 2.74. The van der Waals surface area contributed by atoms with Gasteiger partial charge in [0.25, 0.3) is 5.91 Å². The Morgan fingerprint density at radius 1 is 0.893 bits per heavy atom. The first-order valence-electron chi connectivity index (χ1n) is 8.84. The van der Waals surface area contributed by atoms with E-state index in [1.54, 1.807) is 44.7 Å². The van der Waals surface area contributed by atoms with Gasteiger partial charge in [0.15, 0.2) is 11.5 Å². The van der Waals surface area contributed by atoms with Crippen LogP contribution in [0, 0.1) is 13.8 Å². The molecule has 0 atom stereocenters. The monoisotopic (exact) mass is 377 g/mol. The number of nitrogens with zero attached hydrogens (tertiary/aromatic N) is 1. The lowest BCUT2D eigenvalue weighted by Crippen LogP contribution is -2.13. The van der Waals surface area contributed by atoms with Crippen LogP contribution in [0.3, 0.4) is 0 Å². The zero-order valence-corrected chi connectivity index (χ0v) is 16.4. The lowest BCUT2D eigenvalue weighted by atomic mass is 10.1. The molecule has 28 heavy (non-hydrogen) atoms. The summed E-state index contributed by atoms with van der Waals surface area (Å²) in [5, 5.41) is 6.14. The Morgan fingerprint density at radius 2 is 1.64 bits per heavy atom. The van der Waals surface area contributed by atoms with Gasteiger partial charge >= 0.3 is 0 Å². The second-order valence-electron chi connectivity index (χ2n) is 6.40. The first kappa shape index (κ1) is 19.2. The highest BCUT2D eigenvalue weighted by Crippen LogP contribution is 2.30. The van der Waals surface area contributed by atoms with E-state index in [4.69, 9.17) is 9.47 Å². The Balaban J connectivity index is 1.71. The molecule has 0 aliphatic heterocycles. The summed E-state index contributed by atoms with van der Waals surface area (Å²) in [6.07, 6.45) is 1.64. The SMILES string of the molecule is COc1ccc(NC(=O)c2ccc(Nc3cc(C)ccc3C)cn2)cc1OC. The fourth-order valence-electron chi connectivity index (χ4n) is 2.74. The molecule has 0 aliphatic rings. The lowest BCUT2D eigenvalue weighted by molar-refractivity contribution is 0.102. The molecule has 2 aromatic carbocycles. The van der Waals surface area contributed by atoms with E-state index in [0.29, 0.717) is 22.9 Å². The smallest absolute Gasteiger partial charge is 0.274 e. The summed E-state index contributed by atoms with van der Waals surface area (Å²) >= 11 is 0. The van der Waals surface area contributed by atoms with Gasteiger partial charge in [-0.1, -0.05) is 12.1 Å². The average Bonchev–Trinajstić information content (AvgIpc) is 2.71. The molecule has 6 nitrogen and oxygen atoms in total. The minimum atomic E-state index is -0.300. The molecule has 144 valence electrons. The van der Waals surface area contributed by atoms with E-state index < -0.39 is 0 Å². The number of benzene rings is 2. The molecule has 2 N–H and O–H groups in total. The Morgan fingerprint density at radius 3 is 2.32 bits per heavy atom. The van der Waals surface area contributed by atoms with Crippen molar-refractivity contribution in [2.45, 2.75) is 13.8 Å². The van der Waals surface area contributed by atoms with Crippen molar-refractivity contribution in [1.29, 1.82) is 0 Å². The summed E-state index contributed by atoms with van der Waals surface area (Å²) in [6.45, 7) is 4.09. The molecule has 0 unspecified atom stereocenters. The van der Waals surface area contributed by atoms with Crippen molar-refractivity contribution in [1.82, 2.24) is 4.98 Å². The largest absolute Gasteiger partial charge is 0.493 e. The lowest BCUT2D eigenvalue weighted by Gasteiger charge is -2.12. The van der Waals surface area contributed by atoms with Gasteiger partial charge in [0.05, 0.1) is 26.1 Å². The van der Waals surface area contributed by atoms with Gasteiger partial charge in [-0.2, -0.15) is 0 Å². The van der Waals surface area contributed by atoms with Crippen LogP contribution < -0.4 is 20.1 Å². The number of aromatic nitrogens is 1. The minimum Gasteiger partial charge on any atom is -0.493 e. The Hall–Kier alpha value is -3.54. The standard InChI is InChI=1S/C22H23N3O3/c1-14-5-6-15(2)19(11-14)24-17-7-9-18(23-13-17)22(26)25-16-8-10-20(27-3)21(12-16)28-4/h5-13,24H,1-4H3,(H,25,26). The summed E-state index contributed by atoms with van der Waals surface area (Å²) in [7, 11) is 3.11. The molecule has 0 radical (unpaired) electrons. The molecular formula is C22H23N3O3. The summed E-state index contributed by atoms with van der Waals surface area (Å²) < 4.78 is 10.5. The first-order chi connectivity index (χ1) is 13.5. The predicted molar refractivity (Wildman–Crippen MR) is 111 cm³/mol. The maximum absolute atomic E-state index is 12.5. The molecule has 0 aliphatic carbocycles. The van der Waals surface area contributed by atoms with E-state index in [9.17, 15) is 4.79 Å². The summed E-state index contributed by atoms with van der Waals surface area (Å²) in [6, 6.07) is 14.9. The van der Waals surface area contributed by atoms with Crippen molar-refractivity contribution in [2.24, 2.45) is 0 Å². The molecular weight excluding hydrogens is 354 g/mol. The first-order valence-corrected chi connectivity index (χ1v) is 8.84. The maximum atomic E-state index is 12.5. The highest BCUT2D eigenvalue weighted by molar-refractivity contribution is 6.03. The van der Waals surface area contributed by atoms with Crippen LogP contribution in [0.2, 0.25) is 0 Å². The van der Waals surface area contributed by atoms with Gasteiger partial charge in [0.1, 0.15) is 5.69 Å². The van der Waals surface area contributed by atoms with Crippen LogP contribution in [0.5, 0.6) is 11.5 Å². The van der Waals surface area contributed by atoms with Gasteiger partial charge in [0.2, 0.25) is 0 Å². The van der Waals surface area contributed by atoms with Crippen molar-refractivity contribution in [3.8, 4) is 11.5 Å². The molecule has 0 saturated heterocycles. The maximum Gasteiger partial charge on any atom is 0.274 e. The Labute approximate surface area is 164 Å². The van der Waals surface area contributed by atoms with Crippen molar-refractivity contribution < 1.29 is 14.3 Å². The van der Waals surface area contributed by atoms with E-state index in [2.05, 4.69) is 33.8 Å². The van der Waals surface area contributed by atoms with E-state index in [0.717, 1.165) is 16.9 Å². The van der Waals surface area contributed by atoms with Crippen molar-refractivity contribution >= 4 is 23.0 Å². The average molecular weight is 377 g/mol. The molecule has 3 aromatic rings. The third-order valence-corrected chi connectivity index (χ3v) is 4.31. The highest BCUT2D eigenvalue weighted by atomic mass is 16.5.